The van der Waals surface area contributed by atoms with E-state index in [4.69, 9.17) is 0 Å². The Hall–Kier alpha value is -1.31. The Morgan fingerprint density at radius 1 is 1.50 bits per heavy atom. The Bertz CT molecular complexity index is 316. The van der Waals surface area contributed by atoms with Gasteiger partial charge in [-0.3, -0.25) is 0 Å². The zero-order valence-electron chi connectivity index (χ0n) is 7.17. The molecule has 0 atom stereocenters. The fourth-order valence-electron chi connectivity index (χ4n) is 1.56. The quantitative estimate of drug-likeness (QED) is 0.680. The largest absolute Gasteiger partial charge is 0.373 e. The van der Waals surface area contributed by atoms with Gasteiger partial charge in [-0.05, 0) is 24.5 Å². The maximum Gasteiger partial charge on any atom is 0.133 e. The summed E-state index contributed by atoms with van der Waals surface area (Å²) in [5.41, 5.74) is 2.66. The second-order valence-electron chi connectivity index (χ2n) is 2.92. The predicted molar refractivity (Wildman–Crippen MR) is 51.1 cm³/mol. The number of aromatic nitrogens is 1. The Labute approximate surface area is 72.3 Å². The molecule has 62 valence electrons. The second kappa shape index (κ2) is 2.97. The van der Waals surface area contributed by atoms with Crippen LogP contribution in [-0.4, -0.2) is 12.0 Å². The van der Waals surface area contributed by atoms with E-state index < -0.39 is 0 Å². The normalized spacial score (nSPS) is 14.1. The first-order valence-electron chi connectivity index (χ1n) is 4.24. The number of hydrogen-bond acceptors (Lipinski definition) is 2. The third kappa shape index (κ3) is 1.09. The molecular weight excluding hydrogens is 148 g/mol. The number of nitrogens with zero attached hydrogens (tertiary/aromatic N) is 1. The maximum atomic E-state index is 4.25. The molecule has 0 unspecified atom stereocenters. The number of aryl methyl sites for hydroxylation is 1. The van der Waals surface area contributed by atoms with Gasteiger partial charge in [0, 0.05) is 18.8 Å². The highest BCUT2D eigenvalue weighted by Crippen LogP contribution is 2.23. The maximum absolute atomic E-state index is 4.25. The Balaban J connectivity index is 2.54. The van der Waals surface area contributed by atoms with E-state index in [2.05, 4.69) is 28.5 Å². The van der Waals surface area contributed by atoms with E-state index in [1.807, 2.05) is 13.2 Å². The predicted octanol–water partition coefficient (Wildman–Crippen LogP) is 2.08. The zero-order chi connectivity index (χ0) is 8.39. The number of pyridine rings is 1. The average molecular weight is 160 g/mol. The molecule has 2 heteroatoms. The molecule has 1 aromatic heterocycles. The minimum absolute atomic E-state index is 0.989. The summed E-state index contributed by atoms with van der Waals surface area (Å²) in [6.07, 6.45) is 8.51. The standard InChI is InChI=1S/C10H12N2/c1-11-10-9-5-3-2-4-8(9)6-7-12-10/h3,5-7H,2,4H2,1H3,(H,11,12). The SMILES string of the molecule is CNc1nccc2c1C=CCC2. The van der Waals surface area contributed by atoms with Crippen LogP contribution in [0.2, 0.25) is 0 Å². The van der Waals surface area contributed by atoms with Gasteiger partial charge in [0.1, 0.15) is 5.82 Å². The zero-order valence-corrected chi connectivity index (χ0v) is 7.17. The molecule has 0 spiro atoms. The number of hydrogen-bond donors (Lipinski definition) is 1. The highest BCUT2D eigenvalue weighted by Gasteiger charge is 2.07. The molecule has 0 amide bonds. The van der Waals surface area contributed by atoms with Crippen LogP contribution in [0.4, 0.5) is 5.82 Å². The molecule has 0 saturated carbocycles. The molecule has 0 saturated heterocycles. The summed E-state index contributed by atoms with van der Waals surface area (Å²) < 4.78 is 0. The topological polar surface area (TPSA) is 24.9 Å². The van der Waals surface area contributed by atoms with Crippen molar-refractivity contribution in [3.05, 3.63) is 29.5 Å². The van der Waals surface area contributed by atoms with Crippen LogP contribution < -0.4 is 5.32 Å². The van der Waals surface area contributed by atoms with Crippen LogP contribution in [-0.2, 0) is 6.42 Å². The molecule has 0 aromatic carbocycles. The molecule has 1 aromatic rings. The minimum Gasteiger partial charge on any atom is -0.373 e. The summed E-state index contributed by atoms with van der Waals surface area (Å²) in [6.45, 7) is 0. The smallest absolute Gasteiger partial charge is 0.133 e. The molecule has 0 fully saturated rings. The number of rotatable bonds is 1. The van der Waals surface area contributed by atoms with Gasteiger partial charge in [0.25, 0.3) is 0 Å². The molecule has 1 aliphatic carbocycles. The summed E-state index contributed by atoms with van der Waals surface area (Å²) in [6, 6.07) is 2.10. The van der Waals surface area contributed by atoms with E-state index in [0.717, 1.165) is 18.7 Å². The van der Waals surface area contributed by atoms with Gasteiger partial charge < -0.3 is 5.32 Å². The first-order valence-corrected chi connectivity index (χ1v) is 4.24. The first-order chi connectivity index (χ1) is 5.92. The summed E-state index contributed by atoms with van der Waals surface area (Å²) in [7, 11) is 1.91. The molecule has 2 nitrogen and oxygen atoms in total. The molecule has 0 radical (unpaired) electrons. The fourth-order valence-corrected chi connectivity index (χ4v) is 1.56. The van der Waals surface area contributed by atoms with Crippen molar-refractivity contribution < 1.29 is 0 Å². The Morgan fingerprint density at radius 2 is 2.42 bits per heavy atom. The highest BCUT2D eigenvalue weighted by molar-refractivity contribution is 5.67. The molecule has 2 rings (SSSR count). The van der Waals surface area contributed by atoms with Gasteiger partial charge in [0.05, 0.1) is 0 Å². The van der Waals surface area contributed by atoms with Gasteiger partial charge >= 0.3 is 0 Å². The number of allylic oxidation sites excluding steroid dienone is 1. The molecular formula is C10H12N2. The Kier molecular flexibility index (Phi) is 1.82. The number of anilines is 1. The molecule has 0 bridgehead atoms. The van der Waals surface area contributed by atoms with E-state index in [0.29, 0.717) is 0 Å². The van der Waals surface area contributed by atoms with Crippen LogP contribution in [0.25, 0.3) is 6.08 Å². The van der Waals surface area contributed by atoms with Crippen molar-refractivity contribution in [1.82, 2.24) is 4.98 Å². The molecule has 1 aliphatic rings. The van der Waals surface area contributed by atoms with Crippen molar-refractivity contribution in [2.24, 2.45) is 0 Å². The highest BCUT2D eigenvalue weighted by atomic mass is 15.0. The fraction of sp³-hybridized carbons (Fsp3) is 0.300. The van der Waals surface area contributed by atoms with E-state index >= 15 is 0 Å². The molecule has 12 heavy (non-hydrogen) atoms. The van der Waals surface area contributed by atoms with E-state index in [9.17, 15) is 0 Å². The van der Waals surface area contributed by atoms with Crippen LogP contribution >= 0.6 is 0 Å². The van der Waals surface area contributed by atoms with Gasteiger partial charge in [0.15, 0.2) is 0 Å². The van der Waals surface area contributed by atoms with E-state index in [-0.39, 0.29) is 0 Å². The van der Waals surface area contributed by atoms with Gasteiger partial charge in [-0.15, -0.1) is 0 Å². The van der Waals surface area contributed by atoms with Crippen LogP contribution in [0.1, 0.15) is 17.5 Å². The second-order valence-corrected chi connectivity index (χ2v) is 2.92. The van der Waals surface area contributed by atoms with Crippen molar-refractivity contribution >= 4 is 11.9 Å². The van der Waals surface area contributed by atoms with Gasteiger partial charge in [0.2, 0.25) is 0 Å². The summed E-state index contributed by atoms with van der Waals surface area (Å²) in [5, 5.41) is 3.09. The van der Waals surface area contributed by atoms with Gasteiger partial charge in [-0.25, -0.2) is 4.98 Å². The third-order valence-electron chi connectivity index (χ3n) is 2.18. The first kappa shape index (κ1) is 7.35. The lowest BCUT2D eigenvalue weighted by Crippen LogP contribution is -2.01. The summed E-state index contributed by atoms with van der Waals surface area (Å²) in [5.74, 6) is 0.989. The molecule has 1 N–H and O–H groups in total. The van der Waals surface area contributed by atoms with Crippen LogP contribution in [0.5, 0.6) is 0 Å². The summed E-state index contributed by atoms with van der Waals surface area (Å²) in [4.78, 5) is 4.25. The number of nitrogens with one attached hydrogen (secondary N) is 1. The van der Waals surface area contributed by atoms with Crippen molar-refractivity contribution in [3.8, 4) is 0 Å². The van der Waals surface area contributed by atoms with Gasteiger partial charge in [-0.2, -0.15) is 0 Å². The third-order valence-corrected chi connectivity index (χ3v) is 2.18. The lowest BCUT2D eigenvalue weighted by Gasteiger charge is -2.12. The van der Waals surface area contributed by atoms with Crippen LogP contribution in [0, 0.1) is 0 Å². The lowest BCUT2D eigenvalue weighted by molar-refractivity contribution is 0.977. The van der Waals surface area contributed by atoms with E-state index in [1.165, 1.54) is 11.1 Å². The Morgan fingerprint density at radius 3 is 3.25 bits per heavy atom. The van der Waals surface area contributed by atoms with Crippen molar-refractivity contribution in [1.29, 1.82) is 0 Å². The van der Waals surface area contributed by atoms with E-state index in [1.54, 1.807) is 0 Å². The molecule has 0 aliphatic heterocycles. The van der Waals surface area contributed by atoms with Crippen LogP contribution in [0.15, 0.2) is 18.3 Å². The monoisotopic (exact) mass is 160 g/mol. The average Bonchev–Trinajstić information content (AvgIpc) is 2.17. The van der Waals surface area contributed by atoms with Crippen molar-refractivity contribution in [2.45, 2.75) is 12.8 Å². The van der Waals surface area contributed by atoms with Crippen molar-refractivity contribution in [3.63, 3.8) is 0 Å². The summed E-state index contributed by atoms with van der Waals surface area (Å²) >= 11 is 0. The number of fused-ring (bicyclic) bond motifs is 1. The molecule has 1 heterocycles. The minimum atomic E-state index is 0.989. The van der Waals surface area contributed by atoms with Crippen molar-refractivity contribution in [2.75, 3.05) is 12.4 Å². The lowest BCUT2D eigenvalue weighted by atomic mass is 9.99. The van der Waals surface area contributed by atoms with Gasteiger partial charge in [-0.1, -0.05) is 12.2 Å². The van der Waals surface area contributed by atoms with Crippen LogP contribution in [0.3, 0.4) is 0 Å².